The van der Waals surface area contributed by atoms with Crippen LogP contribution >= 0.6 is 22.9 Å². The topological polar surface area (TPSA) is 86.5 Å². The summed E-state index contributed by atoms with van der Waals surface area (Å²) in [5.74, 6) is 12.5. The van der Waals surface area contributed by atoms with Crippen molar-refractivity contribution in [2.24, 2.45) is 16.7 Å². The van der Waals surface area contributed by atoms with Crippen molar-refractivity contribution < 1.29 is 4.74 Å². The first-order chi connectivity index (χ1) is 16.5. The number of hydrazone groups is 1. The van der Waals surface area contributed by atoms with Crippen LogP contribution in [0.5, 0.6) is 5.75 Å². The van der Waals surface area contributed by atoms with Gasteiger partial charge in [-0.15, -0.1) is 17.3 Å². The summed E-state index contributed by atoms with van der Waals surface area (Å²) in [5, 5.41) is 7.41. The summed E-state index contributed by atoms with van der Waals surface area (Å²) in [7, 11) is 0. The van der Waals surface area contributed by atoms with E-state index in [1.165, 1.54) is 10.1 Å². The van der Waals surface area contributed by atoms with Crippen molar-refractivity contribution in [3.8, 4) is 28.7 Å². The highest BCUT2D eigenvalue weighted by Gasteiger charge is 2.13. The molecule has 34 heavy (non-hydrogen) atoms. The fraction of sp³-hybridized carbons (Fsp3) is 0.185. The highest BCUT2D eigenvalue weighted by atomic mass is 35.5. The number of benzene rings is 2. The van der Waals surface area contributed by atoms with E-state index in [0.29, 0.717) is 24.0 Å². The van der Waals surface area contributed by atoms with Crippen LogP contribution in [0.2, 0.25) is 5.15 Å². The van der Waals surface area contributed by atoms with E-state index in [1.807, 2.05) is 43.5 Å². The summed E-state index contributed by atoms with van der Waals surface area (Å²) in [6.07, 6.45) is 2.30. The molecule has 1 unspecified atom stereocenters. The number of pyridine rings is 1. The highest BCUT2D eigenvalue weighted by Crippen LogP contribution is 2.37. The molecule has 4 aromatic rings. The van der Waals surface area contributed by atoms with E-state index in [2.05, 4.69) is 45.5 Å². The van der Waals surface area contributed by atoms with E-state index in [9.17, 15) is 0 Å². The molecule has 0 aliphatic heterocycles. The van der Waals surface area contributed by atoms with E-state index in [4.69, 9.17) is 27.9 Å². The molecule has 4 rings (SSSR count). The number of aryl methyl sites for hydroxylation is 1. The zero-order valence-corrected chi connectivity index (χ0v) is 20.6. The third kappa shape index (κ3) is 5.33. The first kappa shape index (κ1) is 23.6. The SMILES string of the molecule is CC#CC(C/C(N)=N/N)c1ccc(OCc2ccc3scc(-c4cc(Cl)ncc4C)c3c2)cc1. The Morgan fingerprint density at radius 2 is 1.97 bits per heavy atom. The zero-order valence-electron chi connectivity index (χ0n) is 19.0. The van der Waals surface area contributed by atoms with Crippen LogP contribution in [0, 0.1) is 18.8 Å². The van der Waals surface area contributed by atoms with Gasteiger partial charge in [0.25, 0.3) is 0 Å². The molecule has 4 N–H and O–H groups in total. The van der Waals surface area contributed by atoms with Gasteiger partial charge in [0, 0.05) is 28.3 Å². The van der Waals surface area contributed by atoms with Crippen molar-refractivity contribution >= 4 is 38.9 Å². The number of amidine groups is 1. The van der Waals surface area contributed by atoms with Gasteiger partial charge in [-0.1, -0.05) is 35.7 Å². The molecule has 0 radical (unpaired) electrons. The number of thiophene rings is 1. The number of nitrogens with two attached hydrogens (primary N) is 2. The molecule has 2 heterocycles. The average Bonchev–Trinajstić information content (AvgIpc) is 3.27. The minimum atomic E-state index is -0.0593. The van der Waals surface area contributed by atoms with E-state index in [0.717, 1.165) is 33.6 Å². The number of aromatic nitrogens is 1. The number of ether oxygens (including phenoxy) is 1. The Hall–Kier alpha value is -3.53. The number of hydrogen-bond donors (Lipinski definition) is 2. The quantitative estimate of drug-likeness (QED) is 0.0805. The molecule has 0 fully saturated rings. The summed E-state index contributed by atoms with van der Waals surface area (Å²) in [6.45, 7) is 4.32. The van der Waals surface area contributed by atoms with E-state index in [1.54, 1.807) is 18.3 Å². The molecule has 0 saturated carbocycles. The highest BCUT2D eigenvalue weighted by molar-refractivity contribution is 7.17. The molecular formula is C27H25ClN4OS. The molecule has 0 aliphatic carbocycles. The lowest BCUT2D eigenvalue weighted by atomic mass is 9.95. The standard InChI is InChI=1S/C27H25ClN4OS/c1-3-4-20(12-27(29)32-30)19-6-8-21(9-7-19)33-15-18-5-10-25-23(11-18)24(16-34-25)22-13-26(28)31-14-17(22)2/h5-11,13-14,16,20H,12,15,30H2,1-2H3,(H2,29,32). The number of halogens is 1. The normalized spacial score (nSPS) is 12.3. The van der Waals surface area contributed by atoms with Crippen molar-refractivity contribution in [1.82, 2.24) is 4.98 Å². The molecule has 0 aliphatic rings. The average molecular weight is 489 g/mol. The van der Waals surface area contributed by atoms with Crippen LogP contribution in [-0.4, -0.2) is 10.8 Å². The molecule has 2 aromatic carbocycles. The Labute approximate surface area is 208 Å². The third-order valence-electron chi connectivity index (χ3n) is 5.58. The molecular weight excluding hydrogens is 464 g/mol. The van der Waals surface area contributed by atoms with Crippen molar-refractivity contribution in [3.05, 3.63) is 82.0 Å². The van der Waals surface area contributed by atoms with E-state index in [-0.39, 0.29) is 5.92 Å². The van der Waals surface area contributed by atoms with Crippen LogP contribution < -0.4 is 16.3 Å². The monoisotopic (exact) mass is 488 g/mol. The Bertz CT molecular complexity index is 1400. The van der Waals surface area contributed by atoms with Crippen LogP contribution in [0.1, 0.15) is 36.0 Å². The Balaban J connectivity index is 1.51. The van der Waals surface area contributed by atoms with Crippen molar-refractivity contribution in [1.29, 1.82) is 0 Å². The predicted octanol–water partition coefficient (Wildman–Crippen LogP) is 6.23. The summed E-state index contributed by atoms with van der Waals surface area (Å²) in [6, 6.07) is 16.3. The van der Waals surface area contributed by atoms with Crippen molar-refractivity contribution in [3.63, 3.8) is 0 Å². The maximum atomic E-state index is 6.16. The zero-order chi connectivity index (χ0) is 24.1. The molecule has 0 bridgehead atoms. The van der Waals surface area contributed by atoms with Gasteiger partial charge in [0.05, 0.1) is 5.92 Å². The molecule has 7 heteroatoms. The smallest absolute Gasteiger partial charge is 0.129 e. The molecule has 1 atom stereocenters. The fourth-order valence-corrected chi connectivity index (χ4v) is 4.91. The molecule has 0 saturated heterocycles. The van der Waals surface area contributed by atoms with Crippen LogP contribution in [0.25, 0.3) is 21.2 Å². The molecule has 0 amide bonds. The molecule has 2 aromatic heterocycles. The maximum Gasteiger partial charge on any atom is 0.129 e. The molecule has 172 valence electrons. The fourth-order valence-electron chi connectivity index (χ4n) is 3.81. The minimum absolute atomic E-state index is 0.0593. The van der Waals surface area contributed by atoms with Gasteiger partial charge in [-0.2, -0.15) is 5.10 Å². The lowest BCUT2D eigenvalue weighted by Crippen LogP contribution is -2.17. The van der Waals surface area contributed by atoms with Crippen molar-refractivity contribution in [2.75, 3.05) is 0 Å². The lowest BCUT2D eigenvalue weighted by molar-refractivity contribution is 0.306. The summed E-state index contributed by atoms with van der Waals surface area (Å²) < 4.78 is 7.29. The van der Waals surface area contributed by atoms with Gasteiger partial charge in [-0.05, 0) is 71.8 Å². The summed E-state index contributed by atoms with van der Waals surface area (Å²) in [4.78, 5) is 4.18. The number of nitrogens with zero attached hydrogens (tertiary/aromatic N) is 2. The van der Waals surface area contributed by atoms with Crippen molar-refractivity contribution in [2.45, 2.75) is 32.8 Å². The molecule has 5 nitrogen and oxygen atoms in total. The van der Waals surface area contributed by atoms with Crippen LogP contribution in [0.15, 0.2) is 65.2 Å². The first-order valence-electron chi connectivity index (χ1n) is 10.8. The van der Waals surface area contributed by atoms with Gasteiger partial charge in [0.2, 0.25) is 0 Å². The number of rotatable bonds is 7. The second kappa shape index (κ2) is 10.6. The van der Waals surface area contributed by atoms with E-state index < -0.39 is 0 Å². The number of hydrogen-bond acceptors (Lipinski definition) is 5. The summed E-state index contributed by atoms with van der Waals surface area (Å²) in [5.41, 5.74) is 11.3. The van der Waals surface area contributed by atoms with Gasteiger partial charge in [0.15, 0.2) is 0 Å². The Kier molecular flexibility index (Phi) is 7.36. The van der Waals surface area contributed by atoms with Crippen LogP contribution in [0.4, 0.5) is 0 Å². The lowest BCUT2D eigenvalue weighted by Gasteiger charge is -2.12. The summed E-state index contributed by atoms with van der Waals surface area (Å²) >= 11 is 7.88. The largest absolute Gasteiger partial charge is 0.489 e. The second-order valence-electron chi connectivity index (χ2n) is 7.93. The maximum absolute atomic E-state index is 6.16. The Morgan fingerprint density at radius 3 is 2.71 bits per heavy atom. The van der Waals surface area contributed by atoms with E-state index >= 15 is 0 Å². The minimum Gasteiger partial charge on any atom is -0.489 e. The van der Waals surface area contributed by atoms with Gasteiger partial charge in [-0.25, -0.2) is 4.98 Å². The van der Waals surface area contributed by atoms with Gasteiger partial charge < -0.3 is 16.3 Å². The van der Waals surface area contributed by atoms with Gasteiger partial charge in [-0.3, -0.25) is 0 Å². The Morgan fingerprint density at radius 1 is 1.18 bits per heavy atom. The van der Waals surface area contributed by atoms with Crippen LogP contribution in [0.3, 0.4) is 0 Å². The molecule has 0 spiro atoms. The van der Waals surface area contributed by atoms with Gasteiger partial charge >= 0.3 is 0 Å². The third-order valence-corrected chi connectivity index (χ3v) is 6.75. The first-order valence-corrected chi connectivity index (χ1v) is 12.0. The van der Waals surface area contributed by atoms with Gasteiger partial charge in [0.1, 0.15) is 23.3 Å². The number of fused-ring (bicyclic) bond motifs is 1. The predicted molar refractivity (Wildman–Crippen MR) is 142 cm³/mol. The second-order valence-corrected chi connectivity index (χ2v) is 9.23. The van der Waals surface area contributed by atoms with Crippen LogP contribution in [-0.2, 0) is 6.61 Å².